The molecule has 0 radical (unpaired) electrons. The smallest absolute Gasteiger partial charge is 0.231 e. The lowest BCUT2D eigenvalue weighted by Crippen LogP contribution is -2.22. The summed E-state index contributed by atoms with van der Waals surface area (Å²) in [7, 11) is 5.33. The number of anilines is 3. The van der Waals surface area contributed by atoms with E-state index in [0.29, 0.717) is 30.8 Å². The van der Waals surface area contributed by atoms with E-state index < -0.39 is 0 Å². The summed E-state index contributed by atoms with van der Waals surface area (Å²) in [6.45, 7) is 3.18. The maximum absolute atomic E-state index is 11.1. The van der Waals surface area contributed by atoms with Gasteiger partial charge in [-0.25, -0.2) is 0 Å². The molecule has 1 aromatic heterocycles. The van der Waals surface area contributed by atoms with Crippen molar-refractivity contribution in [1.82, 2.24) is 20.3 Å². The van der Waals surface area contributed by atoms with Crippen LogP contribution < -0.4 is 20.9 Å². The Morgan fingerprint density at radius 2 is 1.79 bits per heavy atom. The standard InChI is InChI=1S/C11H21N7O/c1-5-13-9-15-10(14-7-6-8(19)12-2)17-11(16-9)18(3)4/h5-7H2,1-4H3,(H,12,19)(H2,13,14,15,16,17). The number of aromatic nitrogens is 3. The molecule has 0 bridgehead atoms. The molecule has 1 amide bonds. The zero-order valence-corrected chi connectivity index (χ0v) is 11.8. The van der Waals surface area contributed by atoms with Gasteiger partial charge in [0, 0.05) is 40.7 Å². The quantitative estimate of drug-likeness (QED) is 0.636. The van der Waals surface area contributed by atoms with Crippen molar-refractivity contribution in [3.8, 4) is 0 Å². The molecule has 8 nitrogen and oxygen atoms in total. The van der Waals surface area contributed by atoms with Crippen LogP contribution in [0.3, 0.4) is 0 Å². The maximum Gasteiger partial charge on any atom is 0.231 e. The van der Waals surface area contributed by atoms with Crippen LogP contribution in [0.2, 0.25) is 0 Å². The Morgan fingerprint density at radius 1 is 1.16 bits per heavy atom. The molecule has 0 fully saturated rings. The number of nitrogens with one attached hydrogen (secondary N) is 3. The first kappa shape index (κ1) is 14.9. The van der Waals surface area contributed by atoms with E-state index in [1.807, 2.05) is 21.0 Å². The predicted molar refractivity (Wildman–Crippen MR) is 75.5 cm³/mol. The van der Waals surface area contributed by atoms with E-state index in [4.69, 9.17) is 0 Å². The lowest BCUT2D eigenvalue weighted by atomic mass is 10.4. The van der Waals surface area contributed by atoms with Crippen LogP contribution in [0.25, 0.3) is 0 Å². The first-order valence-electron chi connectivity index (χ1n) is 6.18. The molecule has 0 atom stereocenters. The number of hydrogen-bond acceptors (Lipinski definition) is 7. The summed E-state index contributed by atoms with van der Waals surface area (Å²) >= 11 is 0. The minimum absolute atomic E-state index is 0.0266. The highest BCUT2D eigenvalue weighted by atomic mass is 16.1. The van der Waals surface area contributed by atoms with Gasteiger partial charge in [-0.05, 0) is 6.92 Å². The Labute approximate surface area is 113 Å². The predicted octanol–water partition coefficient (Wildman–Crippen LogP) is -0.0826. The molecule has 3 N–H and O–H groups in total. The highest BCUT2D eigenvalue weighted by molar-refractivity contribution is 5.75. The van der Waals surface area contributed by atoms with Crippen LogP contribution in [0, 0.1) is 0 Å². The second kappa shape index (κ2) is 7.34. The van der Waals surface area contributed by atoms with Crippen molar-refractivity contribution in [1.29, 1.82) is 0 Å². The fourth-order valence-electron chi connectivity index (χ4n) is 1.29. The Hall–Kier alpha value is -2.12. The number of hydrogen-bond donors (Lipinski definition) is 3. The van der Waals surface area contributed by atoms with Crippen LogP contribution in [-0.2, 0) is 4.79 Å². The van der Waals surface area contributed by atoms with Gasteiger partial charge in [0.25, 0.3) is 0 Å². The van der Waals surface area contributed by atoms with E-state index in [0.717, 1.165) is 6.54 Å². The number of carbonyl (C=O) groups is 1. The number of amides is 1. The fraction of sp³-hybridized carbons (Fsp3) is 0.636. The first-order chi connectivity index (χ1) is 9.06. The second-order valence-corrected chi connectivity index (χ2v) is 4.06. The van der Waals surface area contributed by atoms with Gasteiger partial charge in [0.2, 0.25) is 23.8 Å². The molecule has 19 heavy (non-hydrogen) atoms. The fourth-order valence-corrected chi connectivity index (χ4v) is 1.29. The minimum Gasteiger partial charge on any atom is -0.359 e. The SMILES string of the molecule is CCNc1nc(NCCC(=O)NC)nc(N(C)C)n1. The Morgan fingerprint density at radius 3 is 2.32 bits per heavy atom. The summed E-state index contributed by atoms with van der Waals surface area (Å²) in [6.07, 6.45) is 0.371. The van der Waals surface area contributed by atoms with Crippen molar-refractivity contribution in [3.05, 3.63) is 0 Å². The summed E-state index contributed by atoms with van der Waals surface area (Å²) in [5.41, 5.74) is 0. The van der Waals surface area contributed by atoms with Gasteiger partial charge in [0.05, 0.1) is 0 Å². The van der Waals surface area contributed by atoms with Crippen LogP contribution in [0.4, 0.5) is 17.8 Å². The maximum atomic E-state index is 11.1. The van der Waals surface area contributed by atoms with Gasteiger partial charge in [-0.15, -0.1) is 0 Å². The van der Waals surface area contributed by atoms with Gasteiger partial charge >= 0.3 is 0 Å². The van der Waals surface area contributed by atoms with Crippen molar-refractivity contribution < 1.29 is 4.79 Å². The highest BCUT2D eigenvalue weighted by Gasteiger charge is 2.07. The molecule has 106 valence electrons. The number of rotatable bonds is 7. The zero-order valence-electron chi connectivity index (χ0n) is 11.8. The molecule has 0 aliphatic carbocycles. The molecule has 0 unspecified atom stereocenters. The second-order valence-electron chi connectivity index (χ2n) is 4.06. The topological polar surface area (TPSA) is 95.1 Å². The summed E-state index contributed by atoms with van der Waals surface area (Å²) in [6, 6.07) is 0. The van der Waals surface area contributed by atoms with E-state index in [1.54, 1.807) is 11.9 Å². The molecular weight excluding hydrogens is 246 g/mol. The van der Waals surface area contributed by atoms with Gasteiger partial charge in [-0.2, -0.15) is 15.0 Å². The average Bonchev–Trinajstić information content (AvgIpc) is 2.38. The van der Waals surface area contributed by atoms with E-state index in [9.17, 15) is 4.79 Å². The molecule has 8 heteroatoms. The molecule has 0 aromatic carbocycles. The zero-order chi connectivity index (χ0) is 14.3. The number of nitrogens with zero attached hydrogens (tertiary/aromatic N) is 4. The van der Waals surface area contributed by atoms with Crippen LogP contribution in [0.15, 0.2) is 0 Å². The molecule has 1 aromatic rings. The van der Waals surface area contributed by atoms with Gasteiger partial charge in [0.15, 0.2) is 0 Å². The summed E-state index contributed by atoms with van der Waals surface area (Å²) in [5.74, 6) is 1.51. The van der Waals surface area contributed by atoms with Gasteiger partial charge < -0.3 is 20.9 Å². The minimum atomic E-state index is -0.0266. The van der Waals surface area contributed by atoms with Crippen LogP contribution in [0.1, 0.15) is 13.3 Å². The lowest BCUT2D eigenvalue weighted by molar-refractivity contribution is -0.120. The van der Waals surface area contributed by atoms with Gasteiger partial charge in [-0.3, -0.25) is 4.79 Å². The van der Waals surface area contributed by atoms with E-state index in [1.165, 1.54) is 0 Å². The molecule has 0 spiro atoms. The molecule has 0 aliphatic heterocycles. The monoisotopic (exact) mass is 267 g/mol. The molecular formula is C11H21N7O. The Bertz CT molecular complexity index is 422. The molecule has 1 heterocycles. The summed E-state index contributed by atoms with van der Waals surface area (Å²) in [5, 5.41) is 8.62. The van der Waals surface area contributed by atoms with E-state index >= 15 is 0 Å². The van der Waals surface area contributed by atoms with Crippen molar-refractivity contribution in [3.63, 3.8) is 0 Å². The summed E-state index contributed by atoms with van der Waals surface area (Å²) in [4.78, 5) is 25.7. The van der Waals surface area contributed by atoms with Crippen LogP contribution in [-0.4, -0.2) is 55.1 Å². The third-order valence-electron chi connectivity index (χ3n) is 2.27. The average molecular weight is 267 g/mol. The molecule has 0 saturated carbocycles. The lowest BCUT2D eigenvalue weighted by Gasteiger charge is -2.13. The van der Waals surface area contributed by atoms with Crippen molar-refractivity contribution in [2.24, 2.45) is 0 Å². The molecule has 0 aliphatic rings. The van der Waals surface area contributed by atoms with Crippen molar-refractivity contribution in [2.45, 2.75) is 13.3 Å². The summed E-state index contributed by atoms with van der Waals surface area (Å²) < 4.78 is 0. The largest absolute Gasteiger partial charge is 0.359 e. The van der Waals surface area contributed by atoms with Crippen LogP contribution >= 0.6 is 0 Å². The number of carbonyl (C=O) groups excluding carboxylic acids is 1. The normalized spacial score (nSPS) is 9.89. The third-order valence-corrected chi connectivity index (χ3v) is 2.27. The Balaban J connectivity index is 2.72. The third kappa shape index (κ3) is 4.94. The Kier molecular flexibility index (Phi) is 5.77. The molecule has 0 saturated heterocycles. The highest BCUT2D eigenvalue weighted by Crippen LogP contribution is 2.11. The van der Waals surface area contributed by atoms with Crippen molar-refractivity contribution >= 4 is 23.8 Å². The van der Waals surface area contributed by atoms with Gasteiger partial charge in [-0.1, -0.05) is 0 Å². The molecule has 1 rings (SSSR count). The van der Waals surface area contributed by atoms with E-state index in [2.05, 4.69) is 30.9 Å². The van der Waals surface area contributed by atoms with E-state index in [-0.39, 0.29) is 5.91 Å². The first-order valence-corrected chi connectivity index (χ1v) is 6.18. The van der Waals surface area contributed by atoms with Gasteiger partial charge in [0.1, 0.15) is 0 Å². The van der Waals surface area contributed by atoms with Crippen LogP contribution in [0.5, 0.6) is 0 Å². The van der Waals surface area contributed by atoms with Crippen molar-refractivity contribution in [2.75, 3.05) is 49.8 Å².